The van der Waals surface area contributed by atoms with Crippen molar-refractivity contribution in [2.45, 2.75) is 82.5 Å². The topological polar surface area (TPSA) is 148 Å². The number of benzene rings is 2. The number of carbonyl (C=O) groups is 2. The van der Waals surface area contributed by atoms with Gasteiger partial charge in [-0.1, -0.05) is 39.0 Å². The van der Waals surface area contributed by atoms with Crippen LogP contribution >= 0.6 is 0 Å². The number of carbonyl (C=O) groups excluding carboxylic acids is 2. The van der Waals surface area contributed by atoms with Crippen LogP contribution in [0.1, 0.15) is 72.6 Å². The van der Waals surface area contributed by atoms with E-state index in [0.29, 0.717) is 12.8 Å². The van der Waals surface area contributed by atoms with Crippen molar-refractivity contribution in [3.63, 3.8) is 0 Å². The van der Waals surface area contributed by atoms with Gasteiger partial charge >= 0.3 is 18.1 Å². The molecule has 1 fully saturated rings. The van der Waals surface area contributed by atoms with E-state index in [1.165, 1.54) is 0 Å². The fraction of sp³-hybridized carbons (Fsp3) is 0.481. The zero-order valence-electron chi connectivity index (χ0n) is 22.1. The molecule has 0 bridgehead atoms. The van der Waals surface area contributed by atoms with Crippen LogP contribution in [0.15, 0.2) is 48.5 Å². The van der Waals surface area contributed by atoms with Gasteiger partial charge in [0.15, 0.2) is 12.2 Å². The zero-order chi connectivity index (χ0) is 30.2. The first-order chi connectivity index (χ1) is 19.4. The molecular formula is C27H29F3N2O9. The summed E-state index contributed by atoms with van der Waals surface area (Å²) in [6, 6.07) is 8.72. The summed E-state index contributed by atoms with van der Waals surface area (Å²) in [6.07, 6.45) is -8.25. The number of hydrogen-bond donors (Lipinski definition) is 0. The predicted molar refractivity (Wildman–Crippen MR) is 137 cm³/mol. The molecule has 0 amide bonds. The molecule has 14 heteroatoms. The number of ether oxygens (including phenoxy) is 3. The zero-order valence-corrected chi connectivity index (χ0v) is 22.1. The third kappa shape index (κ3) is 8.71. The lowest BCUT2D eigenvalue weighted by molar-refractivity contribution is -0.385. The molecule has 0 unspecified atom stereocenters. The normalized spacial score (nSPS) is 20.7. The maximum absolute atomic E-state index is 13.8. The summed E-state index contributed by atoms with van der Waals surface area (Å²) in [7, 11) is 0. The highest BCUT2D eigenvalue weighted by atomic mass is 19.4. The Morgan fingerprint density at radius 2 is 1.34 bits per heavy atom. The van der Waals surface area contributed by atoms with Crippen molar-refractivity contribution >= 4 is 23.3 Å². The highest BCUT2D eigenvalue weighted by Crippen LogP contribution is 2.37. The summed E-state index contributed by atoms with van der Waals surface area (Å²) < 4.78 is 57.8. The number of alkyl halides is 3. The molecule has 0 N–H and O–H groups in total. The number of unbranched alkanes of at least 4 members (excludes halogenated alkanes) is 4. The van der Waals surface area contributed by atoms with E-state index >= 15 is 0 Å². The van der Waals surface area contributed by atoms with Crippen LogP contribution in [0.4, 0.5) is 24.5 Å². The molecule has 1 saturated heterocycles. The minimum absolute atomic E-state index is 0.0834. The van der Waals surface area contributed by atoms with Crippen LogP contribution < -0.4 is 0 Å². The maximum atomic E-state index is 13.8. The Bertz CT molecular complexity index is 1220. The Morgan fingerprint density at radius 3 is 1.80 bits per heavy atom. The van der Waals surface area contributed by atoms with Gasteiger partial charge in [0.25, 0.3) is 11.4 Å². The van der Waals surface area contributed by atoms with Gasteiger partial charge in [-0.2, -0.15) is 13.2 Å². The van der Waals surface area contributed by atoms with Gasteiger partial charge in [-0.15, -0.1) is 0 Å². The number of nitro groups is 2. The van der Waals surface area contributed by atoms with Gasteiger partial charge in [0.05, 0.1) is 27.1 Å². The standard InChI is InChI=1S/C27H29F3N2O9/c1-2-3-4-5-6-7-21-24(41-26(34)18-10-14-20(15-11-18)32(37)38)22(16-23(39-21)27(28,29)30)40-25(33)17-8-12-19(13-9-17)31(35)36/h8-15,21-24H,2-7,16H2,1H3/t21-,22+,23-,24-/m1/s1. The molecule has 2 aromatic rings. The third-order valence-electron chi connectivity index (χ3n) is 6.60. The van der Waals surface area contributed by atoms with Gasteiger partial charge in [0, 0.05) is 30.7 Å². The quantitative estimate of drug-likeness (QED) is 0.121. The van der Waals surface area contributed by atoms with Gasteiger partial charge < -0.3 is 14.2 Å². The Balaban J connectivity index is 1.88. The van der Waals surface area contributed by atoms with E-state index in [-0.39, 0.29) is 28.9 Å². The highest BCUT2D eigenvalue weighted by Gasteiger charge is 2.52. The molecular weight excluding hydrogens is 553 g/mol. The van der Waals surface area contributed by atoms with E-state index in [1.807, 2.05) is 6.92 Å². The van der Waals surface area contributed by atoms with Crippen molar-refractivity contribution in [1.82, 2.24) is 0 Å². The number of halogens is 3. The number of hydrogen-bond acceptors (Lipinski definition) is 9. The smallest absolute Gasteiger partial charge is 0.414 e. The number of rotatable bonds is 12. The average molecular weight is 583 g/mol. The minimum atomic E-state index is -4.80. The largest absolute Gasteiger partial charge is 0.455 e. The van der Waals surface area contributed by atoms with Crippen molar-refractivity contribution in [1.29, 1.82) is 0 Å². The second-order valence-electron chi connectivity index (χ2n) is 9.57. The summed E-state index contributed by atoms with van der Waals surface area (Å²) in [5.74, 6) is -2.06. The van der Waals surface area contributed by atoms with Gasteiger partial charge in [-0.3, -0.25) is 20.2 Å². The molecule has 0 aromatic heterocycles. The molecule has 2 aromatic carbocycles. The van der Waals surface area contributed by atoms with Crippen LogP contribution in [0.3, 0.4) is 0 Å². The molecule has 1 aliphatic rings. The summed E-state index contributed by atoms with van der Waals surface area (Å²) in [4.78, 5) is 46.3. The van der Waals surface area contributed by atoms with Gasteiger partial charge in [-0.05, 0) is 30.7 Å². The molecule has 0 radical (unpaired) electrons. The van der Waals surface area contributed by atoms with Gasteiger partial charge in [0.2, 0.25) is 0 Å². The molecule has 0 saturated carbocycles. The minimum Gasteiger partial charge on any atom is -0.455 e. The van der Waals surface area contributed by atoms with E-state index in [9.17, 15) is 43.0 Å². The van der Waals surface area contributed by atoms with Gasteiger partial charge in [-0.25, -0.2) is 9.59 Å². The lowest BCUT2D eigenvalue weighted by Crippen LogP contribution is -2.55. The van der Waals surface area contributed by atoms with Crippen LogP contribution in [0, 0.1) is 20.2 Å². The monoisotopic (exact) mass is 582 g/mol. The molecule has 41 heavy (non-hydrogen) atoms. The van der Waals surface area contributed by atoms with Crippen molar-refractivity contribution < 1.29 is 46.8 Å². The fourth-order valence-electron chi connectivity index (χ4n) is 4.42. The molecule has 11 nitrogen and oxygen atoms in total. The summed E-state index contributed by atoms with van der Waals surface area (Å²) in [5, 5.41) is 21.8. The Kier molecular flexibility index (Phi) is 10.8. The van der Waals surface area contributed by atoms with E-state index in [0.717, 1.165) is 67.8 Å². The lowest BCUT2D eigenvalue weighted by atomic mass is 9.93. The van der Waals surface area contributed by atoms with Crippen LogP contribution in [0.2, 0.25) is 0 Å². The molecule has 222 valence electrons. The van der Waals surface area contributed by atoms with Crippen LogP contribution in [-0.2, 0) is 14.2 Å². The van der Waals surface area contributed by atoms with Crippen molar-refractivity contribution in [3.8, 4) is 0 Å². The second kappa shape index (κ2) is 14.0. The molecule has 1 aliphatic heterocycles. The molecule has 0 aliphatic carbocycles. The number of non-ortho nitro benzene ring substituents is 2. The van der Waals surface area contributed by atoms with Crippen LogP contribution in [0.25, 0.3) is 0 Å². The Hall–Kier alpha value is -4.07. The second-order valence-corrected chi connectivity index (χ2v) is 9.57. The van der Waals surface area contributed by atoms with E-state index in [2.05, 4.69) is 0 Å². The average Bonchev–Trinajstić information content (AvgIpc) is 2.93. The summed E-state index contributed by atoms with van der Waals surface area (Å²) in [6.45, 7) is 2.01. The maximum Gasteiger partial charge on any atom is 0.414 e. The van der Waals surface area contributed by atoms with Crippen LogP contribution in [-0.4, -0.2) is 52.4 Å². The number of nitro benzene ring substituents is 2. The summed E-state index contributed by atoms with van der Waals surface area (Å²) >= 11 is 0. The summed E-state index contributed by atoms with van der Waals surface area (Å²) in [5.41, 5.74) is -0.837. The van der Waals surface area contributed by atoms with Gasteiger partial charge in [0.1, 0.15) is 6.10 Å². The number of nitrogens with zero attached hydrogens (tertiary/aromatic N) is 2. The van der Waals surface area contributed by atoms with Crippen molar-refractivity contribution in [2.24, 2.45) is 0 Å². The number of esters is 2. The van der Waals surface area contributed by atoms with E-state index in [4.69, 9.17) is 14.2 Å². The predicted octanol–water partition coefficient (Wildman–Crippen LogP) is 6.33. The Morgan fingerprint density at radius 1 is 0.854 bits per heavy atom. The molecule has 3 rings (SSSR count). The first-order valence-electron chi connectivity index (χ1n) is 13.0. The lowest BCUT2D eigenvalue weighted by Gasteiger charge is -2.41. The van der Waals surface area contributed by atoms with E-state index in [1.54, 1.807) is 0 Å². The highest BCUT2D eigenvalue weighted by molar-refractivity contribution is 5.90. The fourth-order valence-corrected chi connectivity index (χ4v) is 4.42. The van der Waals surface area contributed by atoms with Crippen LogP contribution in [0.5, 0.6) is 0 Å². The van der Waals surface area contributed by atoms with E-state index < -0.39 is 58.8 Å². The van der Waals surface area contributed by atoms with Crippen molar-refractivity contribution in [3.05, 3.63) is 79.9 Å². The SMILES string of the molecule is CCCCCCC[C@H]1O[C@@H](C(F)(F)F)C[C@H](OC(=O)c2ccc([N+](=O)[O-])cc2)[C@@H]1OC(=O)c1ccc([N+](=O)[O-])cc1. The molecule has 4 atom stereocenters. The molecule has 0 spiro atoms. The first-order valence-corrected chi connectivity index (χ1v) is 13.0. The van der Waals surface area contributed by atoms with Crippen molar-refractivity contribution in [2.75, 3.05) is 0 Å². The first kappa shape index (κ1) is 31.5. The molecule has 1 heterocycles. The Labute approximate surface area is 232 Å². The third-order valence-corrected chi connectivity index (χ3v) is 6.60.